The molecular weight excluding hydrogens is 894 g/mol. The minimum absolute atomic E-state index is 0. The Kier molecular flexibility index (Phi) is 91.1. The van der Waals surface area contributed by atoms with Gasteiger partial charge in [-0.2, -0.15) is 12.6 Å². The molecule has 0 bridgehead atoms. The first kappa shape index (κ1) is 72.0. The standard InChI is InChI=1S/C8H15BrO2.C7H12N2O2S.C7H12O2.C6H10O2S.C3H4O2.2CH4.HI.Na.H2O/c9-5-3-7-11-8-4-1-2-6-10-8;8-7(9)12-3-1-2-6(4-10)5-11;1-2-3-4-7(5-8)6-9;7-4-6(5-8)2-1-3-9;4-2-1-3-5;;;;;/h8H,1-7H2;4-6H,1-3H2,(H3,8,9);5-7H,2-4H2,1H3;4-6,9H,1-3H2;2-3H,1H2;2*1H4;1H;;1H2/q;;;;;;;;+1;/p-1. The van der Waals surface area contributed by atoms with Gasteiger partial charge in [-0.15, -0.1) is 0 Å². The number of aldehydes is 8. The van der Waals surface area contributed by atoms with E-state index in [1.54, 1.807) is 0 Å². The van der Waals surface area contributed by atoms with Crippen LogP contribution in [0.1, 0.15) is 98.8 Å². The second-order valence-corrected chi connectivity index (χ2v) is 11.9. The maximum Gasteiger partial charge on any atom is 1.00 e. The van der Waals surface area contributed by atoms with E-state index in [0.29, 0.717) is 74.7 Å². The minimum atomic E-state index is -0.468. The van der Waals surface area contributed by atoms with E-state index in [-0.39, 0.29) is 92.5 Å². The van der Waals surface area contributed by atoms with E-state index in [1.165, 1.54) is 24.6 Å². The van der Waals surface area contributed by atoms with Gasteiger partial charge in [-0.25, -0.2) is 0 Å². The topological polar surface area (TPSA) is 237 Å². The Balaban J connectivity index is -0.0000000615. The van der Waals surface area contributed by atoms with Crippen LogP contribution in [0.2, 0.25) is 0 Å². The Morgan fingerprint density at radius 1 is 0.863 bits per heavy atom. The van der Waals surface area contributed by atoms with E-state index in [9.17, 15) is 38.4 Å². The van der Waals surface area contributed by atoms with Gasteiger partial charge in [-0.1, -0.05) is 50.5 Å². The number of ether oxygens (including phenoxy) is 2. The maximum atomic E-state index is 10.2. The molecule has 0 spiro atoms. The molecule has 0 radical (unpaired) electrons. The maximum absolute atomic E-state index is 10.2. The average molecular weight is 958 g/mol. The molecule has 298 valence electrons. The molecule has 1 unspecified atom stereocenters. The number of hydrogen-bond acceptors (Lipinski definition) is 13. The van der Waals surface area contributed by atoms with Gasteiger partial charge >= 0.3 is 29.6 Å². The van der Waals surface area contributed by atoms with Crippen molar-refractivity contribution in [3.8, 4) is 0 Å². The predicted molar refractivity (Wildman–Crippen MR) is 202 cm³/mol. The van der Waals surface area contributed by atoms with Crippen molar-refractivity contribution < 1.29 is 112 Å². The van der Waals surface area contributed by atoms with Crippen LogP contribution in [-0.4, -0.2) is 97.3 Å². The van der Waals surface area contributed by atoms with Gasteiger partial charge in [0.05, 0.1) is 30.8 Å². The predicted octanol–water partition coefficient (Wildman–Crippen LogP) is -2.32. The molecule has 51 heavy (non-hydrogen) atoms. The Labute approximate surface area is 363 Å². The Morgan fingerprint density at radius 2 is 1.31 bits per heavy atom. The Bertz CT molecular complexity index is 739. The van der Waals surface area contributed by atoms with Gasteiger partial charge in [0.2, 0.25) is 0 Å². The van der Waals surface area contributed by atoms with Crippen LogP contribution in [0.4, 0.5) is 0 Å². The summed E-state index contributed by atoms with van der Waals surface area (Å²) in [6.45, 7) is 3.72. The molecule has 5 N–H and O–H groups in total. The van der Waals surface area contributed by atoms with Crippen molar-refractivity contribution in [1.29, 1.82) is 0 Å². The second kappa shape index (κ2) is 64.6. The van der Waals surface area contributed by atoms with Gasteiger partial charge in [0.25, 0.3) is 5.17 Å². The summed E-state index contributed by atoms with van der Waals surface area (Å²) in [4.78, 5) is 78.7. The van der Waals surface area contributed by atoms with Crippen molar-refractivity contribution in [2.45, 2.75) is 105 Å². The molecule has 1 aliphatic heterocycles. The third-order valence-electron chi connectivity index (χ3n) is 5.50. The Hall–Kier alpha value is -0.380. The number of thioether (sulfide) groups is 1. The largest absolute Gasteiger partial charge is 1.00 e. The van der Waals surface area contributed by atoms with Crippen LogP contribution < -0.4 is 64.7 Å². The number of nitrogens with two attached hydrogens (primary N) is 2. The molecule has 18 heteroatoms. The number of thiol groups is 1. The summed E-state index contributed by atoms with van der Waals surface area (Å²) in [5.74, 6) is 0.255. The zero-order valence-electron chi connectivity index (χ0n) is 28.7. The fourth-order valence-electron chi connectivity index (χ4n) is 2.93. The third kappa shape index (κ3) is 65.0. The molecule has 0 aromatic heterocycles. The molecule has 1 heterocycles. The molecular formula is C33H63BrIN2NaO11S2. The van der Waals surface area contributed by atoms with E-state index in [0.717, 1.165) is 68.6 Å². The summed E-state index contributed by atoms with van der Waals surface area (Å²) in [7, 11) is 0. The molecule has 13 nitrogen and oxygen atoms in total. The zero-order chi connectivity index (χ0) is 35.7. The number of carbonyl (C=O) groups excluding carboxylic acids is 8. The monoisotopic (exact) mass is 956 g/mol. The van der Waals surface area contributed by atoms with Crippen LogP contribution in [-0.2, 0) is 47.8 Å². The molecule has 1 atom stereocenters. The third-order valence-corrected chi connectivity index (χ3v) is 7.20. The minimum Gasteiger partial charge on any atom is -1.00 e. The van der Waals surface area contributed by atoms with Gasteiger partial charge in [-0.05, 0) is 75.3 Å². The zero-order valence-corrected chi connectivity index (χ0v) is 36.2. The van der Waals surface area contributed by atoms with E-state index in [2.05, 4.69) is 28.6 Å². The van der Waals surface area contributed by atoms with Gasteiger partial charge in [-0.3, -0.25) is 11.1 Å². The van der Waals surface area contributed by atoms with E-state index in [4.69, 9.17) is 20.6 Å². The van der Waals surface area contributed by atoms with Gasteiger partial charge in [0, 0.05) is 17.7 Å². The van der Waals surface area contributed by atoms with E-state index >= 15 is 0 Å². The SMILES string of the molecule is BrCCCOC1CCCCO1.C.C.CCCCC(C=O)C=O.NC(=[NH2+])SCCCC(C=O)C=O.O=CC(C=O)CCCS.O=CCC=O.[I-].[Na+].[OH-]. The van der Waals surface area contributed by atoms with Crippen molar-refractivity contribution in [2.75, 3.05) is 30.0 Å². The molecule has 1 rings (SSSR count). The smallest absolute Gasteiger partial charge is 1.00 e. The Morgan fingerprint density at radius 3 is 1.63 bits per heavy atom. The molecule has 1 fully saturated rings. The summed E-state index contributed by atoms with van der Waals surface area (Å²) in [6, 6.07) is 0. The molecule has 0 aromatic carbocycles. The number of alkyl halides is 1. The van der Waals surface area contributed by atoms with Crippen LogP contribution in [0.5, 0.6) is 0 Å². The molecule has 1 saturated heterocycles. The summed E-state index contributed by atoms with van der Waals surface area (Å²) in [5.41, 5.74) is 5.19. The molecule has 0 aromatic rings. The number of hydrogen-bond donors (Lipinski definition) is 3. The molecule has 1 aliphatic rings. The van der Waals surface area contributed by atoms with Gasteiger partial charge in [0.1, 0.15) is 50.3 Å². The summed E-state index contributed by atoms with van der Waals surface area (Å²) in [5, 5.41) is 6.53. The van der Waals surface area contributed by atoms with Gasteiger partial charge in [0.15, 0.2) is 6.29 Å². The first-order chi connectivity index (χ1) is 22.2. The summed E-state index contributed by atoms with van der Waals surface area (Å²) < 4.78 is 10.9. The van der Waals surface area contributed by atoms with E-state index < -0.39 is 11.8 Å². The first-order valence-electron chi connectivity index (χ1n) is 15.2. The van der Waals surface area contributed by atoms with Crippen LogP contribution in [0.15, 0.2) is 0 Å². The second-order valence-electron chi connectivity index (χ2n) is 9.49. The van der Waals surface area contributed by atoms with Crippen LogP contribution in [0.3, 0.4) is 0 Å². The number of amidine groups is 1. The van der Waals surface area contributed by atoms with Crippen molar-refractivity contribution in [1.82, 2.24) is 0 Å². The molecule has 0 aliphatic carbocycles. The molecule has 0 saturated carbocycles. The number of unbranched alkanes of at least 4 members (excludes halogenated alkanes) is 1. The fraction of sp³-hybridized carbons (Fsp3) is 0.727. The first-order valence-corrected chi connectivity index (χ1v) is 18.0. The number of carbonyl (C=O) groups is 8. The summed E-state index contributed by atoms with van der Waals surface area (Å²) in [6.07, 6.45) is 15.4. The van der Waals surface area contributed by atoms with Crippen molar-refractivity contribution in [3.05, 3.63) is 0 Å². The van der Waals surface area contributed by atoms with E-state index in [1.807, 2.05) is 6.92 Å². The fourth-order valence-corrected chi connectivity index (χ4v) is 3.89. The average Bonchev–Trinajstić information content (AvgIpc) is 3.08. The quantitative estimate of drug-likeness (QED) is 0.0119. The van der Waals surface area contributed by atoms with Crippen LogP contribution in [0, 0.1) is 17.8 Å². The van der Waals surface area contributed by atoms with Crippen molar-refractivity contribution in [2.24, 2.45) is 23.5 Å². The molecule has 0 amide bonds. The van der Waals surface area contributed by atoms with Crippen LogP contribution >= 0.6 is 40.3 Å². The van der Waals surface area contributed by atoms with Crippen molar-refractivity contribution >= 4 is 95.8 Å². The van der Waals surface area contributed by atoms with Crippen molar-refractivity contribution in [3.63, 3.8) is 0 Å². The number of halogens is 2. The normalized spacial score (nSPS) is 11.8. The van der Waals surface area contributed by atoms with Gasteiger partial charge < -0.3 is 77.3 Å². The summed E-state index contributed by atoms with van der Waals surface area (Å²) >= 11 is 8.63. The number of rotatable bonds is 22. The van der Waals surface area contributed by atoms with Crippen LogP contribution in [0.25, 0.3) is 0 Å².